The van der Waals surface area contributed by atoms with Crippen LogP contribution >= 0.6 is 0 Å². The molecular formula is C14H15F2NO3. The Hall–Kier alpha value is -1.98. The van der Waals surface area contributed by atoms with Crippen molar-refractivity contribution in [3.63, 3.8) is 0 Å². The Kier molecular flexibility index (Phi) is 4.01. The number of aliphatic carboxylic acids is 1. The van der Waals surface area contributed by atoms with E-state index in [1.165, 1.54) is 17.0 Å². The Morgan fingerprint density at radius 2 is 2.05 bits per heavy atom. The molecule has 1 saturated heterocycles. The van der Waals surface area contributed by atoms with Gasteiger partial charge >= 0.3 is 5.97 Å². The molecule has 1 fully saturated rings. The number of hydrogen-bond acceptors (Lipinski definition) is 2. The lowest BCUT2D eigenvalue weighted by atomic mass is 9.91. The fourth-order valence-electron chi connectivity index (χ4n) is 2.52. The molecule has 0 aromatic heterocycles. The predicted octanol–water partition coefficient (Wildman–Crippen LogP) is 2.29. The van der Waals surface area contributed by atoms with Crippen LogP contribution in [-0.2, 0) is 4.79 Å². The average molecular weight is 283 g/mol. The van der Waals surface area contributed by atoms with Gasteiger partial charge in [-0.1, -0.05) is 6.07 Å². The van der Waals surface area contributed by atoms with Crippen LogP contribution in [0.5, 0.6) is 0 Å². The molecule has 1 aliphatic rings. The summed E-state index contributed by atoms with van der Waals surface area (Å²) in [4.78, 5) is 24.6. The zero-order chi connectivity index (χ0) is 14.9. The summed E-state index contributed by atoms with van der Waals surface area (Å²) < 4.78 is 26.8. The molecule has 0 radical (unpaired) electrons. The first-order valence-corrected chi connectivity index (χ1v) is 6.39. The Bertz CT molecular complexity index is 547. The summed E-state index contributed by atoms with van der Waals surface area (Å²) in [6.45, 7) is 1.94. The summed E-state index contributed by atoms with van der Waals surface area (Å²) in [5, 5.41) is 8.97. The summed E-state index contributed by atoms with van der Waals surface area (Å²) >= 11 is 0. The first kappa shape index (κ1) is 14.4. The lowest BCUT2D eigenvalue weighted by Gasteiger charge is -2.36. The van der Waals surface area contributed by atoms with Crippen molar-refractivity contribution in [1.29, 1.82) is 0 Å². The van der Waals surface area contributed by atoms with E-state index in [2.05, 4.69) is 0 Å². The minimum Gasteiger partial charge on any atom is -0.481 e. The number of benzene rings is 1. The molecule has 0 aliphatic carbocycles. The summed E-state index contributed by atoms with van der Waals surface area (Å²) in [7, 11) is 0. The molecule has 108 valence electrons. The van der Waals surface area contributed by atoms with Crippen LogP contribution in [0.3, 0.4) is 0 Å². The minimum absolute atomic E-state index is 0.229. The van der Waals surface area contributed by atoms with Crippen LogP contribution in [0.15, 0.2) is 18.2 Å². The molecule has 6 heteroatoms. The summed E-state index contributed by atoms with van der Waals surface area (Å²) in [6.07, 6.45) is 0.639. The zero-order valence-electron chi connectivity index (χ0n) is 11.0. The van der Waals surface area contributed by atoms with Crippen LogP contribution in [0.25, 0.3) is 0 Å². The number of carbonyl (C=O) groups is 2. The smallest absolute Gasteiger partial charge is 0.306 e. The molecule has 1 aromatic carbocycles. The number of piperidine rings is 1. The van der Waals surface area contributed by atoms with Gasteiger partial charge in [0, 0.05) is 12.6 Å². The number of hydrogen-bond donors (Lipinski definition) is 1. The van der Waals surface area contributed by atoms with Crippen LogP contribution in [0, 0.1) is 17.6 Å². The number of likely N-dealkylation sites (tertiary alicyclic amines) is 1. The van der Waals surface area contributed by atoms with Crippen LogP contribution in [-0.4, -0.2) is 34.5 Å². The molecule has 4 nitrogen and oxygen atoms in total. The number of carboxylic acids is 1. The lowest BCUT2D eigenvalue weighted by molar-refractivity contribution is -0.143. The molecule has 1 aliphatic heterocycles. The minimum atomic E-state index is -1.16. The van der Waals surface area contributed by atoms with Crippen molar-refractivity contribution in [2.45, 2.75) is 25.8 Å². The van der Waals surface area contributed by atoms with E-state index in [4.69, 9.17) is 5.11 Å². The third-order valence-corrected chi connectivity index (χ3v) is 3.67. The van der Waals surface area contributed by atoms with Crippen LogP contribution in [0.1, 0.15) is 30.1 Å². The van der Waals surface area contributed by atoms with Gasteiger partial charge in [0.05, 0.1) is 11.5 Å². The molecule has 2 unspecified atom stereocenters. The van der Waals surface area contributed by atoms with Gasteiger partial charge in [0.15, 0.2) is 11.6 Å². The van der Waals surface area contributed by atoms with E-state index < -0.39 is 29.4 Å². The average Bonchev–Trinajstić information content (AvgIpc) is 2.41. The van der Waals surface area contributed by atoms with E-state index >= 15 is 0 Å². The van der Waals surface area contributed by atoms with Crippen molar-refractivity contribution in [3.05, 3.63) is 35.4 Å². The molecule has 1 heterocycles. The number of carbonyl (C=O) groups excluding carboxylic acids is 1. The summed E-state index contributed by atoms with van der Waals surface area (Å²) in [5.41, 5.74) is -0.314. The van der Waals surface area contributed by atoms with Gasteiger partial charge < -0.3 is 10.0 Å². The largest absolute Gasteiger partial charge is 0.481 e. The van der Waals surface area contributed by atoms with Crippen molar-refractivity contribution in [2.24, 2.45) is 5.92 Å². The number of halogens is 2. The monoisotopic (exact) mass is 283 g/mol. The second kappa shape index (κ2) is 5.56. The van der Waals surface area contributed by atoms with Crippen LogP contribution < -0.4 is 0 Å². The van der Waals surface area contributed by atoms with Gasteiger partial charge in [-0.3, -0.25) is 9.59 Å². The Balaban J connectivity index is 2.18. The first-order valence-electron chi connectivity index (χ1n) is 6.39. The number of amides is 1. The van der Waals surface area contributed by atoms with Crippen LogP contribution in [0.2, 0.25) is 0 Å². The van der Waals surface area contributed by atoms with Gasteiger partial charge in [0.1, 0.15) is 0 Å². The van der Waals surface area contributed by atoms with Gasteiger partial charge in [-0.05, 0) is 31.9 Å². The first-order chi connectivity index (χ1) is 9.41. The second-order valence-electron chi connectivity index (χ2n) is 5.01. The molecule has 0 bridgehead atoms. The molecule has 0 saturated carbocycles. The fraction of sp³-hybridized carbons (Fsp3) is 0.429. The van der Waals surface area contributed by atoms with Gasteiger partial charge in [-0.2, -0.15) is 0 Å². The van der Waals surface area contributed by atoms with Crippen molar-refractivity contribution in [3.8, 4) is 0 Å². The van der Waals surface area contributed by atoms with Crippen LogP contribution in [0.4, 0.5) is 8.78 Å². The Morgan fingerprint density at radius 1 is 1.35 bits per heavy atom. The normalized spacial score (nSPS) is 22.6. The maximum absolute atomic E-state index is 13.6. The van der Waals surface area contributed by atoms with E-state index in [1.807, 2.05) is 0 Å². The van der Waals surface area contributed by atoms with Gasteiger partial charge in [0.25, 0.3) is 5.91 Å². The number of nitrogens with zero attached hydrogens (tertiary/aromatic N) is 1. The van der Waals surface area contributed by atoms with E-state index in [-0.39, 0.29) is 18.2 Å². The SMILES string of the molecule is CC1CC(C(=O)O)CCN1C(=O)c1cccc(F)c1F. The van der Waals surface area contributed by atoms with E-state index in [0.29, 0.717) is 12.8 Å². The van der Waals surface area contributed by atoms with Gasteiger partial charge in [-0.25, -0.2) is 8.78 Å². The molecule has 20 heavy (non-hydrogen) atoms. The molecule has 2 rings (SSSR count). The Labute approximate surface area is 115 Å². The second-order valence-corrected chi connectivity index (χ2v) is 5.01. The topological polar surface area (TPSA) is 57.6 Å². The molecule has 0 spiro atoms. The quantitative estimate of drug-likeness (QED) is 0.906. The van der Waals surface area contributed by atoms with Gasteiger partial charge in [-0.15, -0.1) is 0 Å². The van der Waals surface area contributed by atoms with E-state index in [9.17, 15) is 18.4 Å². The summed E-state index contributed by atoms with van der Waals surface area (Å²) in [5.74, 6) is -4.21. The third-order valence-electron chi connectivity index (χ3n) is 3.67. The highest BCUT2D eigenvalue weighted by Crippen LogP contribution is 2.25. The maximum Gasteiger partial charge on any atom is 0.306 e. The number of carboxylic acid groups (broad SMARTS) is 1. The highest BCUT2D eigenvalue weighted by atomic mass is 19.2. The number of rotatable bonds is 2. The predicted molar refractivity (Wildman–Crippen MR) is 67.2 cm³/mol. The third kappa shape index (κ3) is 2.64. The highest BCUT2D eigenvalue weighted by Gasteiger charge is 2.33. The van der Waals surface area contributed by atoms with E-state index in [1.54, 1.807) is 6.92 Å². The van der Waals surface area contributed by atoms with Crippen molar-refractivity contribution in [1.82, 2.24) is 4.90 Å². The molecular weight excluding hydrogens is 268 g/mol. The zero-order valence-corrected chi connectivity index (χ0v) is 11.0. The van der Waals surface area contributed by atoms with Gasteiger partial charge in [0.2, 0.25) is 0 Å². The molecule has 1 amide bonds. The van der Waals surface area contributed by atoms with E-state index in [0.717, 1.165) is 6.07 Å². The fourth-order valence-corrected chi connectivity index (χ4v) is 2.52. The molecule has 2 atom stereocenters. The highest BCUT2D eigenvalue weighted by molar-refractivity contribution is 5.94. The maximum atomic E-state index is 13.6. The lowest BCUT2D eigenvalue weighted by Crippen LogP contribution is -2.46. The Morgan fingerprint density at radius 3 is 2.65 bits per heavy atom. The van der Waals surface area contributed by atoms with Crippen molar-refractivity contribution in [2.75, 3.05) is 6.54 Å². The summed E-state index contributed by atoms with van der Waals surface area (Å²) in [6, 6.07) is 3.14. The standard InChI is InChI=1S/C14H15F2NO3/c1-8-7-9(14(19)20)5-6-17(8)13(18)10-3-2-4-11(15)12(10)16/h2-4,8-9H,5-7H2,1H3,(H,19,20). The molecule has 1 N–H and O–H groups in total. The van der Waals surface area contributed by atoms with Crippen molar-refractivity contribution >= 4 is 11.9 Å². The molecule has 1 aromatic rings. The van der Waals surface area contributed by atoms with Crippen molar-refractivity contribution < 1.29 is 23.5 Å².